The van der Waals surface area contributed by atoms with Crippen LogP contribution in [0.15, 0.2) is 0 Å². The maximum absolute atomic E-state index is 13.5. The Labute approximate surface area is 312 Å². The second-order valence-corrected chi connectivity index (χ2v) is 19.1. The van der Waals surface area contributed by atoms with Crippen molar-refractivity contribution in [3.63, 3.8) is 0 Å². The maximum atomic E-state index is 13.5. The Morgan fingerprint density at radius 2 is 1.40 bits per heavy atom. The topological polar surface area (TPSA) is 134 Å². The van der Waals surface area contributed by atoms with E-state index in [-0.39, 0.29) is 85.0 Å². The summed E-state index contributed by atoms with van der Waals surface area (Å²) in [5.41, 5.74) is 1.05. The highest BCUT2D eigenvalue weighted by molar-refractivity contribution is 5.82. The van der Waals surface area contributed by atoms with Gasteiger partial charge in [0.15, 0.2) is 0 Å². The lowest BCUT2D eigenvalue weighted by Gasteiger charge is -2.63. The molecule has 0 aromatic heterocycles. The molecule has 0 saturated heterocycles. The van der Waals surface area contributed by atoms with Crippen LogP contribution in [0.25, 0.3) is 0 Å². The number of nitrogens with zero attached hydrogens (tertiary/aromatic N) is 1. The summed E-state index contributed by atoms with van der Waals surface area (Å²) < 4.78 is 10.4. The average molecular weight is 728 g/mol. The fourth-order valence-electron chi connectivity index (χ4n) is 13.9. The van der Waals surface area contributed by atoms with Crippen molar-refractivity contribution >= 4 is 23.8 Å². The molecule has 10 nitrogen and oxygen atoms in total. The van der Waals surface area contributed by atoms with Crippen LogP contribution in [-0.2, 0) is 28.7 Å². The van der Waals surface area contributed by atoms with Gasteiger partial charge in [0.2, 0.25) is 11.8 Å². The standard InChI is InChI=1S/C42H69N3O7/c1-27(45(7)34(48)16-18-36(50)52-24-23-51-35(49)17-15-33(47)44-28-11-9-8-10-12-28)37-29(46)25-40(5)31-14-13-30-38(2,3)32(43-6)19-20-41(30)26-42(31,41)22-21-39(37,40)4/h27-32,37,43,46H,8-26H2,1-7H3,(H,44,47)/t27-,29+,30-,31-,32-,37-,39+,40-,41+,42-/m0/s1. The normalized spacial score (nSPS) is 39.5. The van der Waals surface area contributed by atoms with E-state index in [1.807, 2.05) is 7.05 Å². The zero-order chi connectivity index (χ0) is 37.7. The van der Waals surface area contributed by atoms with Gasteiger partial charge in [0.05, 0.1) is 18.9 Å². The first kappa shape index (κ1) is 39.5. The minimum Gasteiger partial charge on any atom is -0.462 e. The van der Waals surface area contributed by atoms with Gasteiger partial charge in [-0.1, -0.05) is 47.0 Å². The third-order valence-corrected chi connectivity index (χ3v) is 16.7. The van der Waals surface area contributed by atoms with E-state index in [4.69, 9.17) is 9.47 Å². The lowest BCUT2D eigenvalue weighted by atomic mass is 9.42. The fourth-order valence-corrected chi connectivity index (χ4v) is 13.9. The molecule has 0 unspecified atom stereocenters. The van der Waals surface area contributed by atoms with E-state index in [9.17, 15) is 24.3 Å². The number of esters is 2. The number of carbonyl (C=O) groups excluding carboxylic acids is 4. The van der Waals surface area contributed by atoms with Crippen LogP contribution < -0.4 is 10.6 Å². The van der Waals surface area contributed by atoms with Crippen molar-refractivity contribution in [3.05, 3.63) is 0 Å². The van der Waals surface area contributed by atoms with Gasteiger partial charge in [0, 0.05) is 43.9 Å². The van der Waals surface area contributed by atoms with Crippen molar-refractivity contribution in [2.24, 2.45) is 44.8 Å². The molecule has 3 N–H and O–H groups in total. The molecule has 10 atom stereocenters. The van der Waals surface area contributed by atoms with Crippen molar-refractivity contribution in [2.75, 3.05) is 27.3 Å². The van der Waals surface area contributed by atoms with Crippen LogP contribution in [0, 0.1) is 44.8 Å². The molecule has 2 spiro atoms. The first-order chi connectivity index (χ1) is 24.6. The third-order valence-electron chi connectivity index (χ3n) is 16.7. The Kier molecular flexibility index (Phi) is 11.2. The molecule has 0 radical (unpaired) electrons. The Hall–Kier alpha value is -2.20. The molecule has 6 fully saturated rings. The summed E-state index contributed by atoms with van der Waals surface area (Å²) in [6, 6.07) is 0.608. The number of ether oxygens (including phenoxy) is 2. The molecule has 6 aliphatic rings. The number of fused-ring (bicyclic) bond motifs is 2. The Bertz CT molecular complexity index is 1360. The minimum absolute atomic E-state index is 0.0145. The van der Waals surface area contributed by atoms with Crippen LogP contribution in [0.5, 0.6) is 0 Å². The molecule has 10 heteroatoms. The molecule has 0 aromatic rings. The Balaban J connectivity index is 0.957. The smallest absolute Gasteiger partial charge is 0.306 e. The highest BCUT2D eigenvalue weighted by atomic mass is 16.6. The van der Waals surface area contributed by atoms with Crippen molar-refractivity contribution < 1.29 is 33.8 Å². The predicted molar refractivity (Wildman–Crippen MR) is 199 cm³/mol. The van der Waals surface area contributed by atoms with Crippen LogP contribution in [-0.4, -0.2) is 85.3 Å². The molecule has 6 saturated carbocycles. The third kappa shape index (κ3) is 6.62. The van der Waals surface area contributed by atoms with E-state index in [2.05, 4.69) is 52.3 Å². The molecule has 0 bridgehead atoms. The van der Waals surface area contributed by atoms with E-state index in [0.29, 0.717) is 22.8 Å². The number of hydrogen-bond donors (Lipinski definition) is 3. The van der Waals surface area contributed by atoms with E-state index >= 15 is 0 Å². The lowest BCUT2D eigenvalue weighted by Crippen LogP contribution is -2.60. The molecule has 52 heavy (non-hydrogen) atoms. The predicted octanol–water partition coefficient (Wildman–Crippen LogP) is 5.93. The number of hydrogen-bond acceptors (Lipinski definition) is 8. The molecule has 6 aliphatic carbocycles. The van der Waals surface area contributed by atoms with E-state index in [0.717, 1.165) is 44.4 Å². The summed E-state index contributed by atoms with van der Waals surface area (Å²) in [5, 5.41) is 18.5. The molecular formula is C42H69N3O7. The Morgan fingerprint density at radius 1 is 0.788 bits per heavy atom. The van der Waals surface area contributed by atoms with Crippen LogP contribution in [0.4, 0.5) is 0 Å². The summed E-state index contributed by atoms with van der Waals surface area (Å²) >= 11 is 0. The zero-order valence-electron chi connectivity index (χ0n) is 33.3. The van der Waals surface area contributed by atoms with Crippen LogP contribution in [0.2, 0.25) is 0 Å². The summed E-state index contributed by atoms with van der Waals surface area (Å²) in [7, 11) is 3.94. The molecular weight excluding hydrogens is 658 g/mol. The number of aliphatic hydroxyl groups excluding tert-OH is 1. The average Bonchev–Trinajstić information content (AvgIpc) is 3.72. The van der Waals surface area contributed by atoms with Crippen molar-refractivity contribution in [1.29, 1.82) is 0 Å². The molecule has 294 valence electrons. The van der Waals surface area contributed by atoms with E-state index in [1.54, 1.807) is 4.90 Å². The Morgan fingerprint density at radius 3 is 2.06 bits per heavy atom. The summed E-state index contributed by atoms with van der Waals surface area (Å²) in [4.78, 5) is 51.9. The van der Waals surface area contributed by atoms with Gasteiger partial charge < -0.3 is 30.1 Å². The SMILES string of the molecule is CN[C@H]1CC[C@]23C[C@]24CC[C@]2(C)[C@@H]([C@H](C)N(C)C(=O)CCC(=O)OCCOC(=O)CCC(=O)NC5CCCCC5)[C@H](O)C[C@@]2(C)[C@@H]4CC[C@H]3C1(C)C. The largest absolute Gasteiger partial charge is 0.462 e. The van der Waals surface area contributed by atoms with Crippen molar-refractivity contribution in [1.82, 2.24) is 15.5 Å². The summed E-state index contributed by atoms with van der Waals surface area (Å²) in [5.74, 6) is 0.0226. The monoisotopic (exact) mass is 728 g/mol. The van der Waals surface area contributed by atoms with Crippen molar-refractivity contribution in [3.8, 4) is 0 Å². The quantitative estimate of drug-likeness (QED) is 0.157. The van der Waals surface area contributed by atoms with Gasteiger partial charge >= 0.3 is 11.9 Å². The number of carbonyl (C=O) groups is 4. The number of amides is 2. The number of aliphatic hydroxyl groups is 1. The first-order valence-electron chi connectivity index (χ1n) is 20.8. The minimum atomic E-state index is -0.517. The maximum Gasteiger partial charge on any atom is 0.306 e. The zero-order valence-corrected chi connectivity index (χ0v) is 33.3. The molecule has 0 aromatic carbocycles. The van der Waals surface area contributed by atoms with Gasteiger partial charge in [0.25, 0.3) is 0 Å². The first-order valence-corrected chi connectivity index (χ1v) is 20.8. The molecule has 6 rings (SSSR count). The number of rotatable bonds is 13. The lowest BCUT2D eigenvalue weighted by molar-refractivity contribution is -0.154. The molecule has 0 aliphatic heterocycles. The van der Waals surface area contributed by atoms with Crippen molar-refractivity contribution in [2.45, 2.75) is 168 Å². The summed E-state index contributed by atoms with van der Waals surface area (Å²) in [6.45, 7) is 11.8. The fraction of sp³-hybridized carbons (Fsp3) is 0.905. The highest BCUT2D eigenvalue weighted by Crippen LogP contribution is 2.89. The van der Waals surface area contributed by atoms with Gasteiger partial charge in [0.1, 0.15) is 13.2 Å². The van der Waals surface area contributed by atoms with Gasteiger partial charge in [-0.25, -0.2) is 0 Å². The van der Waals surface area contributed by atoms with Crippen LogP contribution in [0.1, 0.15) is 144 Å². The van der Waals surface area contributed by atoms with Gasteiger partial charge in [-0.2, -0.15) is 0 Å². The van der Waals surface area contributed by atoms with Gasteiger partial charge in [-0.05, 0) is 117 Å². The van der Waals surface area contributed by atoms with Crippen LogP contribution >= 0.6 is 0 Å². The molecule has 2 amide bonds. The van der Waals surface area contributed by atoms with Gasteiger partial charge in [-0.15, -0.1) is 0 Å². The van der Waals surface area contributed by atoms with Crippen LogP contribution in [0.3, 0.4) is 0 Å². The second-order valence-electron chi connectivity index (χ2n) is 19.1. The molecule has 0 heterocycles. The summed E-state index contributed by atoms with van der Waals surface area (Å²) in [6.07, 6.45) is 14.5. The highest BCUT2D eigenvalue weighted by Gasteiger charge is 2.82. The number of nitrogens with one attached hydrogen (secondary N) is 2. The van der Waals surface area contributed by atoms with E-state index in [1.165, 1.54) is 44.9 Å². The van der Waals surface area contributed by atoms with E-state index < -0.39 is 18.0 Å². The second kappa shape index (κ2) is 14.8. The van der Waals surface area contributed by atoms with Gasteiger partial charge in [-0.3, -0.25) is 19.2 Å².